The number of rotatable bonds is 4. The Morgan fingerprint density at radius 1 is 1.53 bits per heavy atom. The first kappa shape index (κ1) is 13.8. The molecule has 0 saturated heterocycles. The predicted molar refractivity (Wildman–Crippen MR) is 76.9 cm³/mol. The van der Waals surface area contributed by atoms with Gasteiger partial charge in [0, 0.05) is 10.4 Å². The van der Waals surface area contributed by atoms with Gasteiger partial charge in [-0.15, -0.1) is 0 Å². The minimum Gasteiger partial charge on any atom is -0.344 e. The van der Waals surface area contributed by atoms with Crippen molar-refractivity contribution < 1.29 is 4.79 Å². The molecular weight excluding hydrogens is 284 g/mol. The number of aromatic nitrogens is 1. The highest BCUT2D eigenvalue weighted by atomic mass is 35.5. The molecule has 2 aromatic rings. The zero-order valence-electron chi connectivity index (χ0n) is 10.3. The van der Waals surface area contributed by atoms with Crippen LogP contribution in [-0.2, 0) is 0 Å². The van der Waals surface area contributed by atoms with E-state index in [9.17, 15) is 9.59 Å². The monoisotopic (exact) mass is 296 g/mol. The highest BCUT2D eigenvalue weighted by molar-refractivity contribution is 7.07. The number of hydrogen-bond acceptors (Lipinski definition) is 3. The number of nitrogens with one attached hydrogen (secondary N) is 2. The van der Waals surface area contributed by atoms with E-state index in [0.29, 0.717) is 5.02 Å². The minimum atomic E-state index is -0.287. The summed E-state index contributed by atoms with van der Waals surface area (Å²) in [4.78, 5) is 25.3. The van der Waals surface area contributed by atoms with E-state index in [1.807, 2.05) is 25.1 Å². The molecule has 0 radical (unpaired) electrons. The fourth-order valence-electron chi connectivity index (χ4n) is 1.77. The lowest BCUT2D eigenvalue weighted by Crippen LogP contribution is -2.28. The van der Waals surface area contributed by atoms with Crippen LogP contribution in [0.1, 0.15) is 35.4 Å². The van der Waals surface area contributed by atoms with Crippen molar-refractivity contribution in [1.82, 2.24) is 10.3 Å². The van der Waals surface area contributed by atoms with E-state index in [2.05, 4.69) is 10.3 Å². The van der Waals surface area contributed by atoms with Gasteiger partial charge in [0.15, 0.2) is 0 Å². The Bertz CT molecular complexity index is 635. The summed E-state index contributed by atoms with van der Waals surface area (Å²) in [5.41, 5.74) is 1.23. The molecule has 1 aromatic carbocycles. The summed E-state index contributed by atoms with van der Waals surface area (Å²) >= 11 is 6.92. The second-order valence-electron chi connectivity index (χ2n) is 4.05. The summed E-state index contributed by atoms with van der Waals surface area (Å²) in [6.45, 7) is 1.97. The molecule has 1 aromatic heterocycles. The van der Waals surface area contributed by atoms with E-state index < -0.39 is 0 Å². The molecule has 0 aliphatic rings. The smallest absolute Gasteiger partial charge is 0.305 e. The highest BCUT2D eigenvalue weighted by Crippen LogP contribution is 2.20. The Morgan fingerprint density at radius 3 is 2.89 bits per heavy atom. The van der Waals surface area contributed by atoms with Crippen molar-refractivity contribution in [3.63, 3.8) is 0 Å². The van der Waals surface area contributed by atoms with Crippen molar-refractivity contribution in [2.45, 2.75) is 19.4 Å². The number of carbonyl (C=O) groups is 1. The zero-order valence-corrected chi connectivity index (χ0v) is 11.8. The number of benzene rings is 1. The lowest BCUT2D eigenvalue weighted by molar-refractivity contribution is 0.0931. The van der Waals surface area contributed by atoms with E-state index in [-0.39, 0.29) is 22.5 Å². The first-order chi connectivity index (χ1) is 9.10. The van der Waals surface area contributed by atoms with Gasteiger partial charge in [0.2, 0.25) is 0 Å². The number of halogens is 1. The molecule has 0 spiro atoms. The van der Waals surface area contributed by atoms with Gasteiger partial charge in [-0.25, -0.2) is 0 Å². The molecule has 0 fully saturated rings. The fraction of sp³-hybridized carbons (Fsp3) is 0.231. The lowest BCUT2D eigenvalue weighted by Gasteiger charge is -2.17. The molecule has 6 heteroatoms. The van der Waals surface area contributed by atoms with Crippen molar-refractivity contribution in [1.29, 1.82) is 0 Å². The first-order valence-corrected chi connectivity index (χ1v) is 7.10. The third-order valence-electron chi connectivity index (χ3n) is 2.73. The second-order valence-corrected chi connectivity index (χ2v) is 5.33. The van der Waals surface area contributed by atoms with E-state index in [4.69, 9.17) is 11.6 Å². The molecule has 2 N–H and O–H groups in total. The Hall–Kier alpha value is -1.59. The Morgan fingerprint density at radius 2 is 2.32 bits per heavy atom. The summed E-state index contributed by atoms with van der Waals surface area (Å²) in [5.74, 6) is -0.287. The Labute approximate surface area is 119 Å². The van der Waals surface area contributed by atoms with Crippen molar-refractivity contribution in [2.24, 2.45) is 0 Å². The molecule has 100 valence electrons. The molecule has 1 amide bonds. The van der Waals surface area contributed by atoms with Crippen LogP contribution in [-0.4, -0.2) is 10.9 Å². The van der Waals surface area contributed by atoms with Crippen LogP contribution in [0.4, 0.5) is 0 Å². The first-order valence-electron chi connectivity index (χ1n) is 5.84. The third-order valence-corrected chi connectivity index (χ3v) is 3.63. The number of amides is 1. The van der Waals surface area contributed by atoms with E-state index >= 15 is 0 Å². The van der Waals surface area contributed by atoms with Gasteiger partial charge >= 0.3 is 4.87 Å². The van der Waals surface area contributed by atoms with Crippen molar-refractivity contribution in [3.05, 3.63) is 55.6 Å². The van der Waals surface area contributed by atoms with Crippen LogP contribution in [0.3, 0.4) is 0 Å². The number of aromatic amines is 1. The van der Waals surface area contributed by atoms with Gasteiger partial charge in [-0.1, -0.05) is 42.0 Å². The molecule has 0 unspecified atom stereocenters. The van der Waals surface area contributed by atoms with Crippen LogP contribution in [0.5, 0.6) is 0 Å². The van der Waals surface area contributed by atoms with Crippen LogP contribution in [0, 0.1) is 0 Å². The number of carbonyl (C=O) groups excluding carboxylic acids is 1. The minimum absolute atomic E-state index is 0.130. The normalized spacial score (nSPS) is 12.1. The van der Waals surface area contributed by atoms with Gasteiger partial charge in [-0.2, -0.15) is 0 Å². The Balaban J connectivity index is 2.15. The van der Waals surface area contributed by atoms with Gasteiger partial charge in [-0.05, 0) is 24.1 Å². The molecule has 1 heterocycles. The van der Waals surface area contributed by atoms with Crippen molar-refractivity contribution in [2.75, 3.05) is 0 Å². The van der Waals surface area contributed by atoms with Gasteiger partial charge < -0.3 is 10.3 Å². The van der Waals surface area contributed by atoms with Crippen LogP contribution in [0.15, 0.2) is 34.4 Å². The van der Waals surface area contributed by atoms with Crippen LogP contribution < -0.4 is 10.2 Å². The Kier molecular flexibility index (Phi) is 4.39. The fourth-order valence-corrected chi connectivity index (χ4v) is 2.53. The number of H-pyrrole nitrogens is 1. The molecular formula is C13H13ClN2O2S. The molecule has 0 saturated carbocycles. The topological polar surface area (TPSA) is 62.0 Å². The maximum atomic E-state index is 12.0. The van der Waals surface area contributed by atoms with E-state index in [0.717, 1.165) is 23.3 Å². The van der Waals surface area contributed by atoms with Crippen LogP contribution >= 0.6 is 22.9 Å². The highest BCUT2D eigenvalue weighted by Gasteiger charge is 2.15. The van der Waals surface area contributed by atoms with Gasteiger partial charge in [-0.3, -0.25) is 9.59 Å². The van der Waals surface area contributed by atoms with Crippen LogP contribution in [0.2, 0.25) is 5.02 Å². The summed E-state index contributed by atoms with van der Waals surface area (Å²) < 4.78 is 0. The maximum absolute atomic E-state index is 12.0. The molecule has 0 aliphatic carbocycles. The summed E-state index contributed by atoms with van der Waals surface area (Å²) in [6.07, 6.45) is 0.737. The zero-order chi connectivity index (χ0) is 13.8. The molecule has 19 heavy (non-hydrogen) atoms. The molecule has 1 atom stereocenters. The summed E-state index contributed by atoms with van der Waals surface area (Å²) in [5, 5.41) is 5.03. The van der Waals surface area contributed by atoms with Gasteiger partial charge in [0.05, 0.1) is 6.04 Å². The van der Waals surface area contributed by atoms with Crippen molar-refractivity contribution >= 4 is 28.8 Å². The van der Waals surface area contributed by atoms with Crippen molar-refractivity contribution in [3.8, 4) is 0 Å². The predicted octanol–water partition coefficient (Wildman–Crippen LogP) is 2.97. The average molecular weight is 297 g/mol. The standard InChI is InChI=1S/C13H13ClN2O2S/c1-2-10(8-4-3-5-9(14)6-8)15-12(17)11-7-19-13(18)16-11/h3-7,10H,2H2,1H3,(H,15,17)(H,16,18)/t10-/m0/s1. The molecule has 4 nitrogen and oxygen atoms in total. The molecule has 0 aliphatic heterocycles. The summed E-state index contributed by atoms with van der Waals surface area (Å²) in [7, 11) is 0. The second kappa shape index (κ2) is 6.04. The van der Waals surface area contributed by atoms with E-state index in [1.165, 1.54) is 5.38 Å². The summed E-state index contributed by atoms with van der Waals surface area (Å²) in [6, 6.07) is 7.24. The molecule has 0 bridgehead atoms. The lowest BCUT2D eigenvalue weighted by atomic mass is 10.0. The van der Waals surface area contributed by atoms with Crippen LogP contribution in [0.25, 0.3) is 0 Å². The molecule has 2 rings (SSSR count). The van der Waals surface area contributed by atoms with Gasteiger partial charge in [0.25, 0.3) is 5.91 Å². The quantitative estimate of drug-likeness (QED) is 0.911. The number of hydrogen-bond donors (Lipinski definition) is 2. The number of thiazole rings is 1. The maximum Gasteiger partial charge on any atom is 0.305 e. The largest absolute Gasteiger partial charge is 0.344 e. The average Bonchev–Trinajstić information content (AvgIpc) is 2.82. The third kappa shape index (κ3) is 3.45. The van der Waals surface area contributed by atoms with Gasteiger partial charge in [0.1, 0.15) is 5.69 Å². The SMILES string of the molecule is CC[C@H](NC(=O)c1csc(=O)[nH]1)c1cccc(Cl)c1. The van der Waals surface area contributed by atoms with E-state index in [1.54, 1.807) is 6.07 Å².